The van der Waals surface area contributed by atoms with Gasteiger partial charge in [0.05, 0.1) is 13.2 Å². The standard InChI is InChI=1S/C14H19F2NO3S/c1-20-8-6-17(5-7-18)14(19)4-9-21-11-2-3-12(15)13(16)10-11/h2-3,10,18H,4-9H2,1H3. The Kier molecular flexibility index (Phi) is 8.26. The first-order chi connectivity index (χ1) is 10.1. The average molecular weight is 319 g/mol. The number of aliphatic hydroxyl groups is 1. The van der Waals surface area contributed by atoms with Crippen LogP contribution >= 0.6 is 11.8 Å². The van der Waals surface area contributed by atoms with E-state index in [2.05, 4.69) is 0 Å². The molecule has 0 aliphatic rings. The lowest BCUT2D eigenvalue weighted by Crippen LogP contribution is -2.36. The SMILES string of the molecule is COCCN(CCO)C(=O)CCSc1ccc(F)c(F)c1. The quantitative estimate of drug-likeness (QED) is 0.707. The van der Waals surface area contributed by atoms with Crippen LogP contribution in [0.4, 0.5) is 8.78 Å². The van der Waals surface area contributed by atoms with Gasteiger partial charge in [-0.1, -0.05) is 0 Å². The summed E-state index contributed by atoms with van der Waals surface area (Å²) in [7, 11) is 1.54. The van der Waals surface area contributed by atoms with E-state index in [1.807, 2.05) is 0 Å². The second-order valence-electron chi connectivity index (χ2n) is 4.27. The van der Waals surface area contributed by atoms with E-state index in [-0.39, 0.29) is 25.5 Å². The van der Waals surface area contributed by atoms with Crippen molar-refractivity contribution in [1.29, 1.82) is 0 Å². The molecule has 0 fully saturated rings. The molecule has 0 radical (unpaired) electrons. The van der Waals surface area contributed by atoms with Crippen molar-refractivity contribution in [2.24, 2.45) is 0 Å². The molecule has 4 nitrogen and oxygen atoms in total. The molecule has 1 rings (SSSR count). The van der Waals surface area contributed by atoms with Gasteiger partial charge < -0.3 is 14.7 Å². The fraction of sp³-hybridized carbons (Fsp3) is 0.500. The number of amides is 1. The van der Waals surface area contributed by atoms with Crippen molar-refractivity contribution in [3.05, 3.63) is 29.8 Å². The molecule has 0 atom stereocenters. The molecule has 1 aromatic rings. The van der Waals surface area contributed by atoms with Crippen LogP contribution in [-0.2, 0) is 9.53 Å². The number of benzene rings is 1. The smallest absolute Gasteiger partial charge is 0.223 e. The van der Waals surface area contributed by atoms with Gasteiger partial charge in [-0.25, -0.2) is 8.78 Å². The zero-order valence-electron chi connectivity index (χ0n) is 11.8. The molecule has 0 aliphatic carbocycles. The first kappa shape index (κ1) is 17.9. The number of ether oxygens (including phenoxy) is 1. The maximum atomic E-state index is 13.0. The van der Waals surface area contributed by atoms with Crippen LogP contribution in [0.25, 0.3) is 0 Å². The third-order valence-corrected chi connectivity index (χ3v) is 3.76. The van der Waals surface area contributed by atoms with Gasteiger partial charge in [-0.3, -0.25) is 4.79 Å². The number of rotatable bonds is 9. The van der Waals surface area contributed by atoms with Gasteiger partial charge in [0, 0.05) is 37.3 Å². The summed E-state index contributed by atoms with van der Waals surface area (Å²) in [4.78, 5) is 14.1. The van der Waals surface area contributed by atoms with Crippen LogP contribution in [0.5, 0.6) is 0 Å². The summed E-state index contributed by atoms with van der Waals surface area (Å²) in [6.45, 7) is 0.984. The summed E-state index contributed by atoms with van der Waals surface area (Å²) < 4.78 is 30.7. The van der Waals surface area contributed by atoms with E-state index in [1.165, 1.54) is 22.7 Å². The van der Waals surface area contributed by atoms with E-state index in [1.54, 1.807) is 7.11 Å². The Bertz CT molecular complexity index is 460. The van der Waals surface area contributed by atoms with Crippen molar-refractivity contribution < 1.29 is 23.4 Å². The predicted molar refractivity (Wildman–Crippen MR) is 77.2 cm³/mol. The normalized spacial score (nSPS) is 10.7. The van der Waals surface area contributed by atoms with E-state index < -0.39 is 11.6 Å². The molecule has 1 N–H and O–H groups in total. The van der Waals surface area contributed by atoms with Crippen LogP contribution in [0, 0.1) is 11.6 Å². The van der Waals surface area contributed by atoms with Crippen molar-refractivity contribution in [2.75, 3.05) is 39.2 Å². The van der Waals surface area contributed by atoms with Crippen LogP contribution in [-0.4, -0.2) is 55.1 Å². The number of nitrogens with zero attached hydrogens (tertiary/aromatic N) is 1. The molecule has 21 heavy (non-hydrogen) atoms. The molecule has 7 heteroatoms. The van der Waals surface area contributed by atoms with Gasteiger partial charge in [0.25, 0.3) is 0 Å². The second kappa shape index (κ2) is 9.70. The zero-order valence-corrected chi connectivity index (χ0v) is 12.7. The summed E-state index contributed by atoms with van der Waals surface area (Å²) in [6.07, 6.45) is 0.257. The summed E-state index contributed by atoms with van der Waals surface area (Å²) in [5.41, 5.74) is 0. The van der Waals surface area contributed by atoms with Crippen LogP contribution in [0.1, 0.15) is 6.42 Å². The van der Waals surface area contributed by atoms with Gasteiger partial charge in [0.1, 0.15) is 0 Å². The highest BCUT2D eigenvalue weighted by Gasteiger charge is 2.12. The number of carbonyl (C=O) groups is 1. The lowest BCUT2D eigenvalue weighted by atomic mass is 10.3. The number of methoxy groups -OCH3 is 1. The molecule has 0 heterocycles. The number of thioether (sulfide) groups is 1. The Morgan fingerprint density at radius 3 is 2.71 bits per heavy atom. The minimum atomic E-state index is -0.895. The van der Waals surface area contributed by atoms with Crippen molar-refractivity contribution in [3.63, 3.8) is 0 Å². The lowest BCUT2D eigenvalue weighted by Gasteiger charge is -2.21. The molecule has 0 spiro atoms. The van der Waals surface area contributed by atoms with E-state index in [0.29, 0.717) is 23.8 Å². The minimum absolute atomic E-state index is 0.101. The molecule has 118 valence electrons. The first-order valence-corrected chi connectivity index (χ1v) is 7.52. The third-order valence-electron chi connectivity index (χ3n) is 2.76. The fourth-order valence-electron chi connectivity index (χ4n) is 1.66. The molecule has 0 aliphatic heterocycles. The number of carbonyl (C=O) groups excluding carboxylic acids is 1. The lowest BCUT2D eigenvalue weighted by molar-refractivity contribution is -0.131. The zero-order chi connectivity index (χ0) is 15.7. The van der Waals surface area contributed by atoms with Crippen molar-refractivity contribution in [3.8, 4) is 0 Å². The van der Waals surface area contributed by atoms with E-state index in [9.17, 15) is 13.6 Å². The Morgan fingerprint density at radius 1 is 1.33 bits per heavy atom. The number of aliphatic hydroxyl groups excluding tert-OH is 1. The largest absolute Gasteiger partial charge is 0.395 e. The monoisotopic (exact) mass is 319 g/mol. The number of hydrogen-bond acceptors (Lipinski definition) is 4. The van der Waals surface area contributed by atoms with Crippen LogP contribution in [0.15, 0.2) is 23.1 Å². The van der Waals surface area contributed by atoms with Gasteiger partial charge in [0.15, 0.2) is 11.6 Å². The van der Waals surface area contributed by atoms with E-state index in [4.69, 9.17) is 9.84 Å². The van der Waals surface area contributed by atoms with Crippen molar-refractivity contribution >= 4 is 17.7 Å². The second-order valence-corrected chi connectivity index (χ2v) is 5.44. The molecule has 0 unspecified atom stereocenters. The molecule has 1 amide bonds. The summed E-state index contributed by atoms with van der Waals surface area (Å²) in [6, 6.07) is 3.65. The highest BCUT2D eigenvalue weighted by molar-refractivity contribution is 7.99. The molecular weight excluding hydrogens is 300 g/mol. The van der Waals surface area contributed by atoms with Crippen LogP contribution in [0.3, 0.4) is 0 Å². The van der Waals surface area contributed by atoms with E-state index >= 15 is 0 Å². The summed E-state index contributed by atoms with van der Waals surface area (Å²) in [5, 5.41) is 8.93. The van der Waals surface area contributed by atoms with Crippen molar-refractivity contribution in [1.82, 2.24) is 4.90 Å². The number of halogens is 2. The molecular formula is C14H19F2NO3S. The molecule has 0 saturated heterocycles. The van der Waals surface area contributed by atoms with Gasteiger partial charge in [-0.05, 0) is 18.2 Å². The highest BCUT2D eigenvalue weighted by atomic mass is 32.2. The third kappa shape index (κ3) is 6.41. The summed E-state index contributed by atoms with van der Waals surface area (Å²) in [5.74, 6) is -1.42. The van der Waals surface area contributed by atoms with Gasteiger partial charge in [-0.2, -0.15) is 0 Å². The predicted octanol–water partition coefficient (Wildman–Crippen LogP) is 1.91. The van der Waals surface area contributed by atoms with Crippen LogP contribution in [0.2, 0.25) is 0 Å². The maximum absolute atomic E-state index is 13.0. The average Bonchev–Trinajstić information content (AvgIpc) is 2.47. The van der Waals surface area contributed by atoms with Crippen molar-refractivity contribution in [2.45, 2.75) is 11.3 Å². The Hall–Kier alpha value is -1.18. The molecule has 0 saturated carbocycles. The Labute approximate surface area is 127 Å². The topological polar surface area (TPSA) is 49.8 Å². The Balaban J connectivity index is 2.41. The first-order valence-electron chi connectivity index (χ1n) is 6.54. The molecule has 1 aromatic carbocycles. The van der Waals surface area contributed by atoms with Gasteiger partial charge in [0.2, 0.25) is 5.91 Å². The molecule has 0 aromatic heterocycles. The minimum Gasteiger partial charge on any atom is -0.395 e. The van der Waals surface area contributed by atoms with Gasteiger partial charge in [-0.15, -0.1) is 11.8 Å². The van der Waals surface area contributed by atoms with Crippen LogP contribution < -0.4 is 0 Å². The fourth-order valence-corrected chi connectivity index (χ4v) is 2.53. The molecule has 0 bridgehead atoms. The maximum Gasteiger partial charge on any atom is 0.223 e. The summed E-state index contributed by atoms with van der Waals surface area (Å²) >= 11 is 1.28. The van der Waals surface area contributed by atoms with Gasteiger partial charge >= 0.3 is 0 Å². The number of hydrogen-bond donors (Lipinski definition) is 1. The Morgan fingerprint density at radius 2 is 2.10 bits per heavy atom. The highest BCUT2D eigenvalue weighted by Crippen LogP contribution is 2.21. The van der Waals surface area contributed by atoms with E-state index in [0.717, 1.165) is 12.1 Å².